The summed E-state index contributed by atoms with van der Waals surface area (Å²) in [7, 11) is 1.67. The van der Waals surface area contributed by atoms with E-state index in [-0.39, 0.29) is 11.9 Å². The highest BCUT2D eigenvalue weighted by atomic mass is 32.1. The number of amides is 1. The van der Waals surface area contributed by atoms with Crippen LogP contribution in [-0.2, 0) is 11.2 Å². The molecule has 0 aliphatic carbocycles. The van der Waals surface area contributed by atoms with Gasteiger partial charge in [-0.3, -0.25) is 9.69 Å². The Hall–Kier alpha value is -1.92. The van der Waals surface area contributed by atoms with E-state index < -0.39 is 0 Å². The van der Waals surface area contributed by atoms with E-state index >= 15 is 0 Å². The van der Waals surface area contributed by atoms with Gasteiger partial charge in [0.15, 0.2) is 0 Å². The zero-order valence-electron chi connectivity index (χ0n) is 15.4. The van der Waals surface area contributed by atoms with Crippen molar-refractivity contribution in [3.8, 4) is 5.75 Å². The van der Waals surface area contributed by atoms with Crippen molar-refractivity contribution in [1.82, 2.24) is 15.2 Å². The van der Waals surface area contributed by atoms with E-state index in [0.717, 1.165) is 35.1 Å². The Morgan fingerprint density at radius 1 is 1.36 bits per heavy atom. The second-order valence-electron chi connectivity index (χ2n) is 5.85. The third-order valence-electron chi connectivity index (χ3n) is 4.23. The monoisotopic (exact) mass is 361 g/mol. The van der Waals surface area contributed by atoms with E-state index in [0.29, 0.717) is 13.0 Å². The minimum Gasteiger partial charge on any atom is -0.497 e. The summed E-state index contributed by atoms with van der Waals surface area (Å²) in [6, 6.07) is 8.17. The van der Waals surface area contributed by atoms with Gasteiger partial charge in [-0.1, -0.05) is 26.0 Å². The number of carbonyl (C=O) groups is 1. The second kappa shape index (κ2) is 9.53. The van der Waals surface area contributed by atoms with Gasteiger partial charge in [-0.05, 0) is 37.7 Å². The first-order valence-corrected chi connectivity index (χ1v) is 9.51. The van der Waals surface area contributed by atoms with Gasteiger partial charge in [0.2, 0.25) is 5.91 Å². The van der Waals surface area contributed by atoms with E-state index in [1.807, 2.05) is 30.5 Å². The van der Waals surface area contributed by atoms with E-state index in [2.05, 4.69) is 35.1 Å². The highest BCUT2D eigenvalue weighted by Crippen LogP contribution is 2.23. The molecule has 0 radical (unpaired) electrons. The van der Waals surface area contributed by atoms with Crippen molar-refractivity contribution in [2.75, 3.05) is 26.7 Å². The average Bonchev–Trinajstić information content (AvgIpc) is 3.03. The minimum atomic E-state index is 0.00496. The van der Waals surface area contributed by atoms with E-state index in [1.165, 1.54) is 0 Å². The zero-order valence-corrected chi connectivity index (χ0v) is 16.2. The summed E-state index contributed by atoms with van der Waals surface area (Å²) in [5, 5.41) is 6.00. The van der Waals surface area contributed by atoms with Crippen LogP contribution in [0.2, 0.25) is 0 Å². The fourth-order valence-corrected chi connectivity index (χ4v) is 3.51. The molecule has 1 unspecified atom stereocenters. The number of nitrogens with one attached hydrogen (secondary N) is 1. The number of likely N-dealkylation sites (N-methyl/N-ethyl adjacent to an activating group) is 1. The smallest absolute Gasteiger partial charge is 0.226 e. The van der Waals surface area contributed by atoms with Gasteiger partial charge in [-0.2, -0.15) is 0 Å². The van der Waals surface area contributed by atoms with Crippen molar-refractivity contribution < 1.29 is 9.53 Å². The molecule has 0 fully saturated rings. The molecule has 1 atom stereocenters. The number of methoxy groups -OCH3 is 1. The van der Waals surface area contributed by atoms with Crippen LogP contribution >= 0.6 is 11.3 Å². The maximum Gasteiger partial charge on any atom is 0.226 e. The fraction of sp³-hybridized carbons (Fsp3) is 0.474. The first kappa shape index (κ1) is 19.4. The van der Waals surface area contributed by atoms with Crippen molar-refractivity contribution in [3.63, 3.8) is 0 Å². The molecule has 0 bridgehead atoms. The molecule has 25 heavy (non-hydrogen) atoms. The number of rotatable bonds is 9. The number of hydrogen-bond donors (Lipinski definition) is 1. The predicted molar refractivity (Wildman–Crippen MR) is 102 cm³/mol. The van der Waals surface area contributed by atoms with E-state index in [9.17, 15) is 4.79 Å². The largest absolute Gasteiger partial charge is 0.497 e. The zero-order chi connectivity index (χ0) is 18.2. The Balaban J connectivity index is 2.06. The quantitative estimate of drug-likeness (QED) is 0.745. The standard InChI is InChI=1S/C19H27N3O2S/c1-5-22(6-2)18(15-8-7-9-17(10-15)24-4)12-20-19(23)11-16-13-25-14(3)21-16/h7-10,13,18H,5-6,11-12H2,1-4H3,(H,20,23). The highest BCUT2D eigenvalue weighted by molar-refractivity contribution is 7.09. The molecule has 0 saturated heterocycles. The lowest BCUT2D eigenvalue weighted by Crippen LogP contribution is -2.38. The molecule has 1 amide bonds. The van der Waals surface area contributed by atoms with Gasteiger partial charge in [0, 0.05) is 11.9 Å². The Kier molecular flexibility index (Phi) is 7.40. The number of benzene rings is 1. The Morgan fingerprint density at radius 3 is 2.72 bits per heavy atom. The van der Waals surface area contributed by atoms with E-state index in [1.54, 1.807) is 18.4 Å². The van der Waals surface area contributed by atoms with Crippen LogP contribution in [0.15, 0.2) is 29.6 Å². The maximum atomic E-state index is 12.3. The Morgan fingerprint density at radius 2 is 2.12 bits per heavy atom. The summed E-state index contributed by atoms with van der Waals surface area (Å²) in [4.78, 5) is 19.0. The lowest BCUT2D eigenvalue weighted by atomic mass is 10.0. The van der Waals surface area contributed by atoms with Crippen LogP contribution in [0.5, 0.6) is 5.75 Å². The normalized spacial score (nSPS) is 12.2. The fourth-order valence-electron chi connectivity index (χ4n) is 2.90. The molecule has 0 aliphatic rings. The third kappa shape index (κ3) is 5.54. The second-order valence-corrected chi connectivity index (χ2v) is 6.91. The predicted octanol–water partition coefficient (Wildman–Crippen LogP) is 3.20. The molecular weight excluding hydrogens is 334 g/mol. The number of aryl methyl sites for hydroxylation is 1. The number of thiazole rings is 1. The molecule has 0 aliphatic heterocycles. The van der Waals surface area contributed by atoms with Crippen LogP contribution in [0, 0.1) is 6.92 Å². The van der Waals surface area contributed by atoms with Crippen LogP contribution in [0.4, 0.5) is 0 Å². The number of ether oxygens (including phenoxy) is 1. The summed E-state index contributed by atoms with van der Waals surface area (Å²) in [5.74, 6) is 0.837. The SMILES string of the molecule is CCN(CC)C(CNC(=O)Cc1csc(C)n1)c1cccc(OC)c1. The van der Waals surface area contributed by atoms with Gasteiger partial charge in [0.05, 0.1) is 30.3 Å². The Labute approximate surface area is 154 Å². The molecule has 2 aromatic rings. The first-order valence-electron chi connectivity index (χ1n) is 8.63. The topological polar surface area (TPSA) is 54.5 Å². The molecule has 1 N–H and O–H groups in total. The molecule has 0 saturated carbocycles. The highest BCUT2D eigenvalue weighted by Gasteiger charge is 2.19. The van der Waals surface area contributed by atoms with Crippen molar-refractivity contribution >= 4 is 17.2 Å². The van der Waals surface area contributed by atoms with Gasteiger partial charge in [0.25, 0.3) is 0 Å². The molecule has 0 spiro atoms. The van der Waals surface area contributed by atoms with Gasteiger partial charge in [-0.15, -0.1) is 11.3 Å². The van der Waals surface area contributed by atoms with Crippen LogP contribution in [0.1, 0.15) is 36.2 Å². The summed E-state index contributed by atoms with van der Waals surface area (Å²) < 4.78 is 5.35. The lowest BCUT2D eigenvalue weighted by molar-refractivity contribution is -0.120. The maximum absolute atomic E-state index is 12.3. The van der Waals surface area contributed by atoms with Crippen LogP contribution < -0.4 is 10.1 Å². The summed E-state index contributed by atoms with van der Waals surface area (Å²) in [6.45, 7) is 8.62. The number of nitrogens with zero attached hydrogens (tertiary/aromatic N) is 2. The minimum absolute atomic E-state index is 0.00496. The molecule has 2 rings (SSSR count). The lowest BCUT2D eigenvalue weighted by Gasteiger charge is -2.30. The molecular formula is C19H27N3O2S. The number of carbonyl (C=O) groups excluding carboxylic acids is 1. The van der Waals surface area contributed by atoms with Gasteiger partial charge >= 0.3 is 0 Å². The molecule has 136 valence electrons. The Bertz CT molecular complexity index is 683. The molecule has 5 nitrogen and oxygen atoms in total. The molecule has 1 aromatic carbocycles. The molecule has 1 heterocycles. The van der Waals surface area contributed by atoms with Crippen LogP contribution in [-0.4, -0.2) is 42.5 Å². The first-order chi connectivity index (χ1) is 12.1. The summed E-state index contributed by atoms with van der Waals surface area (Å²) in [5.41, 5.74) is 1.98. The van der Waals surface area contributed by atoms with Gasteiger partial charge in [-0.25, -0.2) is 4.98 Å². The van der Waals surface area contributed by atoms with Gasteiger partial charge < -0.3 is 10.1 Å². The summed E-state index contributed by atoms with van der Waals surface area (Å²) >= 11 is 1.57. The van der Waals surface area contributed by atoms with Crippen molar-refractivity contribution in [2.24, 2.45) is 0 Å². The average molecular weight is 362 g/mol. The molecule has 1 aromatic heterocycles. The third-order valence-corrected chi connectivity index (χ3v) is 5.05. The van der Waals surface area contributed by atoms with Crippen molar-refractivity contribution in [2.45, 2.75) is 33.2 Å². The van der Waals surface area contributed by atoms with Crippen LogP contribution in [0.25, 0.3) is 0 Å². The summed E-state index contributed by atoms with van der Waals surface area (Å²) in [6.07, 6.45) is 0.327. The van der Waals surface area contributed by atoms with Crippen molar-refractivity contribution in [1.29, 1.82) is 0 Å². The van der Waals surface area contributed by atoms with Gasteiger partial charge in [0.1, 0.15) is 5.75 Å². The van der Waals surface area contributed by atoms with Crippen molar-refractivity contribution in [3.05, 3.63) is 45.9 Å². The molecule has 6 heteroatoms. The number of hydrogen-bond acceptors (Lipinski definition) is 5. The van der Waals surface area contributed by atoms with E-state index in [4.69, 9.17) is 4.74 Å². The number of aromatic nitrogens is 1. The van der Waals surface area contributed by atoms with Crippen LogP contribution in [0.3, 0.4) is 0 Å².